The van der Waals surface area contributed by atoms with Crippen molar-refractivity contribution in [3.05, 3.63) is 42.0 Å². The first kappa shape index (κ1) is 15.3. The Labute approximate surface area is 124 Å². The molecule has 0 aliphatic heterocycles. The van der Waals surface area contributed by atoms with Crippen molar-refractivity contribution in [2.24, 2.45) is 0 Å². The summed E-state index contributed by atoms with van der Waals surface area (Å²) in [5.74, 6) is -0.897. The highest BCUT2D eigenvalue weighted by atomic mass is 16.5. The summed E-state index contributed by atoms with van der Waals surface area (Å²) in [5.41, 5.74) is 1.38. The highest BCUT2D eigenvalue weighted by Gasteiger charge is 2.17. The van der Waals surface area contributed by atoms with Crippen LogP contribution in [0.2, 0.25) is 0 Å². The van der Waals surface area contributed by atoms with Gasteiger partial charge in [-0.25, -0.2) is 4.79 Å². The van der Waals surface area contributed by atoms with E-state index in [4.69, 9.17) is 4.74 Å². The number of carboxylic acid groups (broad SMARTS) is 1. The lowest BCUT2D eigenvalue weighted by atomic mass is 10.0. The maximum absolute atomic E-state index is 11.4. The average molecular weight is 287 g/mol. The van der Waals surface area contributed by atoms with Crippen LogP contribution in [0.25, 0.3) is 10.8 Å². The molecule has 0 spiro atoms. The van der Waals surface area contributed by atoms with Gasteiger partial charge < -0.3 is 14.7 Å². The fourth-order valence-electron chi connectivity index (χ4n) is 2.77. The minimum absolute atomic E-state index is 0.221. The lowest BCUT2D eigenvalue weighted by Crippen LogP contribution is -2.36. The molecular formula is C17H21NO3. The van der Waals surface area contributed by atoms with Crippen molar-refractivity contribution in [1.82, 2.24) is 0 Å². The molecule has 0 aliphatic carbocycles. The molecule has 0 amide bonds. The molecule has 0 fully saturated rings. The summed E-state index contributed by atoms with van der Waals surface area (Å²) < 4.78 is 5.25. The van der Waals surface area contributed by atoms with E-state index in [1.807, 2.05) is 30.3 Å². The molecule has 0 saturated carbocycles. The van der Waals surface area contributed by atoms with E-state index in [9.17, 15) is 9.90 Å². The fourth-order valence-corrected chi connectivity index (χ4v) is 2.77. The van der Waals surface area contributed by atoms with Crippen LogP contribution in [0.15, 0.2) is 36.4 Å². The van der Waals surface area contributed by atoms with Gasteiger partial charge in [-0.2, -0.15) is 0 Å². The molecule has 0 radical (unpaired) electrons. The standard InChI is InChI=1S/C17H21NO3/c1-4-18(12(2)11-21-3)16-10-9-15(17(19)20)13-7-5-6-8-14(13)16/h5-10,12H,4,11H2,1-3H3,(H,19,20). The Balaban J connectivity index is 2.59. The van der Waals surface area contributed by atoms with Gasteiger partial charge in [-0.05, 0) is 31.4 Å². The number of carbonyl (C=O) groups is 1. The second kappa shape index (κ2) is 6.59. The van der Waals surface area contributed by atoms with Crippen LogP contribution in [0.5, 0.6) is 0 Å². The summed E-state index contributed by atoms with van der Waals surface area (Å²) in [4.78, 5) is 13.6. The van der Waals surface area contributed by atoms with Crippen LogP contribution in [0.3, 0.4) is 0 Å². The third-order valence-corrected chi connectivity index (χ3v) is 3.72. The molecule has 4 heteroatoms. The van der Waals surface area contributed by atoms with Crippen molar-refractivity contribution in [1.29, 1.82) is 0 Å². The predicted octanol–water partition coefficient (Wildman–Crippen LogP) is 3.40. The van der Waals surface area contributed by atoms with E-state index in [2.05, 4.69) is 18.7 Å². The molecule has 112 valence electrons. The Bertz CT molecular complexity index is 639. The second-order valence-corrected chi connectivity index (χ2v) is 5.07. The SMILES string of the molecule is CCN(c1ccc(C(=O)O)c2ccccc12)C(C)COC. The number of methoxy groups -OCH3 is 1. The Hall–Kier alpha value is -2.07. The van der Waals surface area contributed by atoms with Crippen molar-refractivity contribution in [3.8, 4) is 0 Å². The van der Waals surface area contributed by atoms with Gasteiger partial charge in [-0.15, -0.1) is 0 Å². The Morgan fingerprint density at radius 1 is 1.24 bits per heavy atom. The summed E-state index contributed by atoms with van der Waals surface area (Å²) in [6.45, 7) is 5.66. The minimum Gasteiger partial charge on any atom is -0.478 e. The number of rotatable bonds is 6. The number of fused-ring (bicyclic) bond motifs is 1. The highest BCUT2D eigenvalue weighted by molar-refractivity contribution is 6.07. The van der Waals surface area contributed by atoms with Gasteiger partial charge in [0.2, 0.25) is 0 Å². The number of nitrogens with zero attached hydrogens (tertiary/aromatic N) is 1. The molecule has 0 aliphatic rings. The van der Waals surface area contributed by atoms with E-state index in [1.54, 1.807) is 13.2 Å². The van der Waals surface area contributed by atoms with Gasteiger partial charge in [0.15, 0.2) is 0 Å². The van der Waals surface area contributed by atoms with Crippen LogP contribution in [-0.2, 0) is 4.74 Å². The van der Waals surface area contributed by atoms with Gasteiger partial charge >= 0.3 is 5.97 Å². The lowest BCUT2D eigenvalue weighted by Gasteiger charge is -2.31. The topological polar surface area (TPSA) is 49.8 Å². The molecule has 2 aromatic carbocycles. The number of likely N-dealkylation sites (N-methyl/N-ethyl adjacent to an activating group) is 1. The maximum atomic E-state index is 11.4. The molecule has 2 aromatic rings. The number of hydrogen-bond donors (Lipinski definition) is 1. The molecule has 2 rings (SSSR count). The smallest absolute Gasteiger partial charge is 0.336 e. The van der Waals surface area contributed by atoms with E-state index in [-0.39, 0.29) is 6.04 Å². The summed E-state index contributed by atoms with van der Waals surface area (Å²) in [6.07, 6.45) is 0. The van der Waals surface area contributed by atoms with Gasteiger partial charge in [0.1, 0.15) is 0 Å². The third-order valence-electron chi connectivity index (χ3n) is 3.72. The van der Waals surface area contributed by atoms with E-state index in [0.29, 0.717) is 12.2 Å². The Morgan fingerprint density at radius 3 is 2.48 bits per heavy atom. The zero-order valence-electron chi connectivity index (χ0n) is 12.7. The van der Waals surface area contributed by atoms with Crippen LogP contribution in [0.1, 0.15) is 24.2 Å². The third kappa shape index (κ3) is 3.00. The van der Waals surface area contributed by atoms with E-state index < -0.39 is 5.97 Å². The Morgan fingerprint density at radius 2 is 1.90 bits per heavy atom. The zero-order valence-corrected chi connectivity index (χ0v) is 12.7. The molecule has 0 heterocycles. The zero-order chi connectivity index (χ0) is 15.4. The van der Waals surface area contributed by atoms with E-state index >= 15 is 0 Å². The van der Waals surface area contributed by atoms with Gasteiger partial charge in [0.25, 0.3) is 0 Å². The van der Waals surface area contributed by atoms with Crippen molar-refractivity contribution in [2.75, 3.05) is 25.2 Å². The number of aromatic carboxylic acids is 1. The number of anilines is 1. The van der Waals surface area contributed by atoms with Crippen molar-refractivity contribution in [2.45, 2.75) is 19.9 Å². The van der Waals surface area contributed by atoms with Crippen LogP contribution >= 0.6 is 0 Å². The largest absolute Gasteiger partial charge is 0.478 e. The molecule has 21 heavy (non-hydrogen) atoms. The molecule has 4 nitrogen and oxygen atoms in total. The molecule has 0 aromatic heterocycles. The number of benzene rings is 2. The molecular weight excluding hydrogens is 266 g/mol. The summed E-state index contributed by atoms with van der Waals surface area (Å²) in [7, 11) is 1.69. The molecule has 0 saturated heterocycles. The van der Waals surface area contributed by atoms with Gasteiger partial charge in [-0.1, -0.05) is 24.3 Å². The molecule has 1 unspecified atom stereocenters. The minimum atomic E-state index is -0.897. The van der Waals surface area contributed by atoms with Crippen molar-refractivity contribution >= 4 is 22.4 Å². The first-order chi connectivity index (χ1) is 10.1. The van der Waals surface area contributed by atoms with Crippen LogP contribution in [0, 0.1) is 0 Å². The number of carboxylic acids is 1. The lowest BCUT2D eigenvalue weighted by molar-refractivity contribution is 0.0699. The van der Waals surface area contributed by atoms with Crippen LogP contribution in [-0.4, -0.2) is 37.4 Å². The van der Waals surface area contributed by atoms with Gasteiger partial charge in [0, 0.05) is 30.8 Å². The van der Waals surface area contributed by atoms with E-state index in [0.717, 1.165) is 23.0 Å². The van der Waals surface area contributed by atoms with Gasteiger partial charge in [-0.3, -0.25) is 0 Å². The monoisotopic (exact) mass is 287 g/mol. The van der Waals surface area contributed by atoms with Crippen molar-refractivity contribution in [3.63, 3.8) is 0 Å². The van der Waals surface area contributed by atoms with Crippen LogP contribution < -0.4 is 4.90 Å². The first-order valence-electron chi connectivity index (χ1n) is 7.10. The first-order valence-corrected chi connectivity index (χ1v) is 7.10. The molecule has 0 bridgehead atoms. The molecule has 1 atom stereocenters. The number of hydrogen-bond acceptors (Lipinski definition) is 3. The average Bonchev–Trinajstić information content (AvgIpc) is 2.48. The summed E-state index contributed by atoms with van der Waals surface area (Å²) in [6, 6.07) is 11.4. The van der Waals surface area contributed by atoms with E-state index in [1.165, 1.54) is 0 Å². The molecule has 1 N–H and O–H groups in total. The summed E-state index contributed by atoms with van der Waals surface area (Å²) in [5, 5.41) is 11.1. The van der Waals surface area contributed by atoms with Crippen molar-refractivity contribution < 1.29 is 14.6 Å². The normalized spacial score (nSPS) is 12.3. The Kier molecular flexibility index (Phi) is 4.81. The van der Waals surface area contributed by atoms with Gasteiger partial charge in [0.05, 0.1) is 12.2 Å². The second-order valence-electron chi connectivity index (χ2n) is 5.07. The maximum Gasteiger partial charge on any atom is 0.336 e. The highest BCUT2D eigenvalue weighted by Crippen LogP contribution is 2.30. The number of ether oxygens (including phenoxy) is 1. The fraction of sp³-hybridized carbons (Fsp3) is 0.353. The predicted molar refractivity (Wildman–Crippen MR) is 85.3 cm³/mol. The quantitative estimate of drug-likeness (QED) is 0.884. The summed E-state index contributed by atoms with van der Waals surface area (Å²) >= 11 is 0. The van der Waals surface area contributed by atoms with Crippen LogP contribution in [0.4, 0.5) is 5.69 Å².